The summed E-state index contributed by atoms with van der Waals surface area (Å²) in [6, 6.07) is 22.7. The molecule has 116 valence electrons. The molecule has 3 nitrogen and oxygen atoms in total. The van der Waals surface area contributed by atoms with Crippen LogP contribution < -0.4 is 5.32 Å². The van der Waals surface area contributed by atoms with Gasteiger partial charge in [-0.1, -0.05) is 60.7 Å². The minimum Gasteiger partial charge on any atom is -0.456 e. The number of cyclic esters (lactones) is 1. The van der Waals surface area contributed by atoms with Crippen molar-refractivity contribution in [3.05, 3.63) is 89.1 Å². The smallest absolute Gasteiger partial charge is 0.337 e. The molecule has 2 aliphatic heterocycles. The molecule has 3 heteroatoms. The second-order valence-corrected chi connectivity index (χ2v) is 6.18. The Balaban J connectivity index is 1.85. The molecular formula is C21H15NO2. The fraction of sp³-hybridized carbons (Fsp3) is 0.0952. The fourth-order valence-electron chi connectivity index (χ4n) is 3.81. The minimum atomic E-state index is -0.218. The number of anilines is 1. The highest BCUT2D eigenvalue weighted by Gasteiger charge is 2.38. The monoisotopic (exact) mass is 313 g/mol. The van der Waals surface area contributed by atoms with E-state index in [1.165, 1.54) is 10.8 Å². The third-order valence-corrected chi connectivity index (χ3v) is 4.86. The van der Waals surface area contributed by atoms with E-state index in [0.717, 1.165) is 28.1 Å². The maximum atomic E-state index is 12.4. The summed E-state index contributed by atoms with van der Waals surface area (Å²) in [5.74, 6) is -0.316. The topological polar surface area (TPSA) is 38.3 Å². The first-order valence-electron chi connectivity index (χ1n) is 8.07. The van der Waals surface area contributed by atoms with Crippen LogP contribution in [0.25, 0.3) is 10.8 Å². The Hall–Kier alpha value is -3.07. The number of carbonyl (C=O) groups is 1. The van der Waals surface area contributed by atoms with Crippen LogP contribution in [0.5, 0.6) is 0 Å². The van der Waals surface area contributed by atoms with Crippen LogP contribution in [-0.2, 0) is 9.53 Å². The van der Waals surface area contributed by atoms with Crippen LogP contribution in [0.2, 0.25) is 0 Å². The van der Waals surface area contributed by atoms with E-state index in [-0.39, 0.29) is 11.9 Å². The van der Waals surface area contributed by atoms with Gasteiger partial charge in [-0.05, 0) is 28.0 Å². The van der Waals surface area contributed by atoms with Gasteiger partial charge in [0.25, 0.3) is 0 Å². The third-order valence-electron chi connectivity index (χ3n) is 4.86. The Bertz CT molecular complexity index is 1000. The Morgan fingerprint density at radius 2 is 1.71 bits per heavy atom. The molecule has 0 fully saturated rings. The van der Waals surface area contributed by atoms with Crippen molar-refractivity contribution in [2.45, 2.75) is 5.92 Å². The zero-order valence-electron chi connectivity index (χ0n) is 13.0. The van der Waals surface area contributed by atoms with Gasteiger partial charge in [-0.15, -0.1) is 0 Å². The molecule has 3 aromatic rings. The summed E-state index contributed by atoms with van der Waals surface area (Å²) in [7, 11) is 0. The van der Waals surface area contributed by atoms with Crippen LogP contribution >= 0.6 is 0 Å². The van der Waals surface area contributed by atoms with Gasteiger partial charge in [-0.25, -0.2) is 4.79 Å². The SMILES string of the molecule is O=C1OCC2=C1C(c1ccccc1)c1c(ccc3ccccc13)N2. The van der Waals surface area contributed by atoms with Crippen molar-refractivity contribution in [3.63, 3.8) is 0 Å². The van der Waals surface area contributed by atoms with E-state index < -0.39 is 0 Å². The standard InChI is InChI=1S/C21H15NO2/c23-21-20-17(12-24-21)22-16-11-10-13-6-4-5-9-15(13)19(16)18(20)14-7-2-1-3-8-14/h1-11,18,22H,12H2. The predicted molar refractivity (Wildman–Crippen MR) is 93.8 cm³/mol. The first kappa shape index (κ1) is 13.4. The molecule has 0 saturated carbocycles. The number of benzene rings is 3. The maximum absolute atomic E-state index is 12.4. The van der Waals surface area contributed by atoms with E-state index in [0.29, 0.717) is 6.61 Å². The number of esters is 1. The molecule has 3 aromatic carbocycles. The maximum Gasteiger partial charge on any atom is 0.337 e. The Kier molecular flexibility index (Phi) is 2.77. The van der Waals surface area contributed by atoms with E-state index >= 15 is 0 Å². The summed E-state index contributed by atoms with van der Waals surface area (Å²) < 4.78 is 5.32. The van der Waals surface area contributed by atoms with Crippen molar-refractivity contribution < 1.29 is 9.53 Å². The van der Waals surface area contributed by atoms with E-state index in [1.54, 1.807) is 0 Å². The molecule has 24 heavy (non-hydrogen) atoms. The van der Waals surface area contributed by atoms with Gasteiger partial charge in [-0.3, -0.25) is 0 Å². The van der Waals surface area contributed by atoms with Gasteiger partial charge in [-0.2, -0.15) is 0 Å². The van der Waals surface area contributed by atoms with Crippen molar-refractivity contribution in [3.8, 4) is 0 Å². The van der Waals surface area contributed by atoms with Crippen molar-refractivity contribution in [1.82, 2.24) is 0 Å². The number of rotatable bonds is 1. The van der Waals surface area contributed by atoms with Gasteiger partial charge in [0.2, 0.25) is 0 Å². The predicted octanol–water partition coefficient (Wildman–Crippen LogP) is 4.21. The molecule has 0 aromatic heterocycles. The summed E-state index contributed by atoms with van der Waals surface area (Å²) in [6.45, 7) is 0.323. The first-order valence-corrected chi connectivity index (χ1v) is 8.07. The van der Waals surface area contributed by atoms with Crippen LogP contribution in [0.4, 0.5) is 5.69 Å². The highest BCUT2D eigenvalue weighted by atomic mass is 16.5. The van der Waals surface area contributed by atoms with Gasteiger partial charge in [0.15, 0.2) is 0 Å². The normalized spacial score (nSPS) is 18.8. The fourth-order valence-corrected chi connectivity index (χ4v) is 3.81. The van der Waals surface area contributed by atoms with Gasteiger partial charge >= 0.3 is 5.97 Å². The van der Waals surface area contributed by atoms with E-state index in [2.05, 4.69) is 41.7 Å². The van der Waals surface area contributed by atoms with Gasteiger partial charge < -0.3 is 10.1 Å². The van der Waals surface area contributed by atoms with E-state index in [4.69, 9.17) is 4.74 Å². The molecule has 1 N–H and O–H groups in total. The molecule has 1 unspecified atom stereocenters. The van der Waals surface area contributed by atoms with E-state index in [1.807, 2.05) is 30.3 Å². The molecule has 1 atom stereocenters. The van der Waals surface area contributed by atoms with Gasteiger partial charge in [0.05, 0.1) is 11.3 Å². The van der Waals surface area contributed by atoms with E-state index in [9.17, 15) is 4.79 Å². The average Bonchev–Trinajstić information content (AvgIpc) is 3.01. The molecule has 2 aliphatic rings. The van der Waals surface area contributed by atoms with Crippen molar-refractivity contribution >= 4 is 22.4 Å². The van der Waals surface area contributed by atoms with Gasteiger partial charge in [0, 0.05) is 11.6 Å². The Labute approximate surface area is 139 Å². The lowest BCUT2D eigenvalue weighted by Crippen LogP contribution is -2.20. The molecule has 5 rings (SSSR count). The summed E-state index contributed by atoms with van der Waals surface area (Å²) in [4.78, 5) is 12.4. The minimum absolute atomic E-state index is 0.0986. The molecule has 0 spiro atoms. The number of ether oxygens (including phenoxy) is 1. The second-order valence-electron chi connectivity index (χ2n) is 6.18. The van der Waals surface area contributed by atoms with Crippen LogP contribution in [0.3, 0.4) is 0 Å². The molecule has 0 bridgehead atoms. The number of hydrogen-bond acceptors (Lipinski definition) is 3. The summed E-state index contributed by atoms with van der Waals surface area (Å²) >= 11 is 0. The molecule has 0 saturated heterocycles. The highest BCUT2D eigenvalue weighted by molar-refractivity contribution is 6.01. The third kappa shape index (κ3) is 1.81. The highest BCUT2D eigenvalue weighted by Crippen LogP contribution is 2.46. The molecule has 0 amide bonds. The van der Waals surface area contributed by atoms with Crippen LogP contribution in [-0.4, -0.2) is 12.6 Å². The number of fused-ring (bicyclic) bond motifs is 3. The lowest BCUT2D eigenvalue weighted by molar-refractivity contribution is -0.136. The summed E-state index contributed by atoms with van der Waals surface area (Å²) in [5, 5.41) is 5.76. The second kappa shape index (κ2) is 4.96. The zero-order valence-corrected chi connectivity index (χ0v) is 13.0. The van der Waals surface area contributed by atoms with Gasteiger partial charge in [0.1, 0.15) is 6.61 Å². The average molecular weight is 313 g/mol. The number of carbonyl (C=O) groups excluding carboxylic acids is 1. The molecule has 0 radical (unpaired) electrons. The lowest BCUT2D eigenvalue weighted by Gasteiger charge is -2.28. The molecule has 2 heterocycles. The zero-order chi connectivity index (χ0) is 16.1. The Morgan fingerprint density at radius 3 is 2.58 bits per heavy atom. The van der Waals surface area contributed by atoms with Crippen LogP contribution in [0, 0.1) is 0 Å². The quantitative estimate of drug-likeness (QED) is 0.684. The van der Waals surface area contributed by atoms with Crippen molar-refractivity contribution in [2.24, 2.45) is 0 Å². The Morgan fingerprint density at radius 1 is 0.917 bits per heavy atom. The van der Waals surface area contributed by atoms with Crippen molar-refractivity contribution in [2.75, 3.05) is 11.9 Å². The largest absolute Gasteiger partial charge is 0.456 e. The first-order chi connectivity index (χ1) is 11.8. The lowest BCUT2D eigenvalue weighted by atomic mass is 9.79. The van der Waals surface area contributed by atoms with Crippen LogP contribution in [0.15, 0.2) is 78.0 Å². The number of hydrogen-bond donors (Lipinski definition) is 1. The summed E-state index contributed by atoms with van der Waals surface area (Å²) in [5.41, 5.74) is 4.95. The number of nitrogens with one attached hydrogen (secondary N) is 1. The van der Waals surface area contributed by atoms with Crippen LogP contribution in [0.1, 0.15) is 17.0 Å². The van der Waals surface area contributed by atoms with Crippen molar-refractivity contribution in [1.29, 1.82) is 0 Å². The summed E-state index contributed by atoms with van der Waals surface area (Å²) in [6.07, 6.45) is 0. The molecular weight excluding hydrogens is 298 g/mol. The molecule has 0 aliphatic carbocycles.